The second-order valence-corrected chi connectivity index (χ2v) is 13.5. The van der Waals surface area contributed by atoms with Gasteiger partial charge in [-0.15, -0.1) is 11.6 Å². The van der Waals surface area contributed by atoms with Crippen LogP contribution in [0.2, 0.25) is 0 Å². The number of halogens is 1. The number of amides is 4. The first-order valence-electron chi connectivity index (χ1n) is 14.6. The summed E-state index contributed by atoms with van der Waals surface area (Å²) in [6, 6.07) is 6.68. The SMILES string of the molecule is CCOC(=S)SC(CCC(=O)CCl)CC[C@@H]1NC(=O)[C@H]2CCCN2C(=O)[C@H](Cc2ccccc2)NC(=O)C(C)(C)NC1=O. The van der Waals surface area contributed by atoms with Crippen LogP contribution in [0.3, 0.4) is 0 Å². The molecule has 10 nitrogen and oxygen atoms in total. The summed E-state index contributed by atoms with van der Waals surface area (Å²) in [5.41, 5.74) is -0.518. The molecule has 0 bridgehead atoms. The number of ketones is 1. The summed E-state index contributed by atoms with van der Waals surface area (Å²) in [5.74, 6) is -1.96. The molecular weight excluding hydrogens is 612 g/mol. The van der Waals surface area contributed by atoms with E-state index >= 15 is 0 Å². The second-order valence-electron chi connectivity index (χ2n) is 11.3. The number of ether oxygens (including phenoxy) is 1. The van der Waals surface area contributed by atoms with Gasteiger partial charge in [0.1, 0.15) is 29.4 Å². The van der Waals surface area contributed by atoms with E-state index in [2.05, 4.69) is 16.0 Å². The van der Waals surface area contributed by atoms with Gasteiger partial charge in [0.25, 0.3) is 0 Å². The highest BCUT2D eigenvalue weighted by Gasteiger charge is 2.42. The molecule has 3 rings (SSSR count). The Morgan fingerprint density at radius 2 is 1.84 bits per heavy atom. The summed E-state index contributed by atoms with van der Waals surface area (Å²) in [7, 11) is 0. The summed E-state index contributed by atoms with van der Waals surface area (Å²) in [6.45, 7) is 5.72. The van der Waals surface area contributed by atoms with E-state index in [9.17, 15) is 24.0 Å². The first-order valence-corrected chi connectivity index (χ1v) is 16.5. The molecular formula is C30H41ClN4O6S2. The molecule has 236 valence electrons. The Morgan fingerprint density at radius 1 is 1.12 bits per heavy atom. The van der Waals surface area contributed by atoms with Crippen molar-refractivity contribution in [2.75, 3.05) is 19.0 Å². The van der Waals surface area contributed by atoms with Crippen molar-refractivity contribution in [2.24, 2.45) is 0 Å². The molecule has 43 heavy (non-hydrogen) atoms. The minimum atomic E-state index is -1.38. The average molecular weight is 653 g/mol. The first-order chi connectivity index (χ1) is 20.4. The standard InChI is InChI=1S/C30H41ClN4O6S2/c1-4-41-29(42)43-21(13-12-20(36)18-31)14-15-22-25(37)34-30(2,3)28(40)33-23(17-19-9-6-5-7-10-19)27(39)35-16-8-11-24(35)26(38)32-22/h5-7,9-10,21-24H,4,8,11-18H2,1-3H3,(H,32,38)(H,33,40)(H,34,37)/t21?,22-,23-,24+/m0/s1. The number of hydrogen-bond donors (Lipinski definition) is 3. The molecule has 1 unspecified atom stereocenters. The minimum absolute atomic E-state index is 0.0889. The third-order valence-corrected chi connectivity index (χ3v) is 9.38. The van der Waals surface area contributed by atoms with Gasteiger partial charge in [0.2, 0.25) is 28.0 Å². The number of thioether (sulfide) groups is 1. The lowest BCUT2D eigenvalue weighted by atomic mass is 9.98. The third kappa shape index (κ3) is 10.2. The van der Waals surface area contributed by atoms with E-state index in [4.69, 9.17) is 28.6 Å². The Hall–Kier alpha value is -2.70. The molecule has 1 aromatic rings. The number of nitrogens with one attached hydrogen (secondary N) is 3. The number of hydrogen-bond acceptors (Lipinski definition) is 8. The van der Waals surface area contributed by atoms with Crippen molar-refractivity contribution in [3.8, 4) is 0 Å². The normalized spacial score (nSPS) is 23.2. The lowest BCUT2D eigenvalue weighted by Crippen LogP contribution is -2.64. The van der Waals surface area contributed by atoms with Crippen molar-refractivity contribution in [3.63, 3.8) is 0 Å². The number of carbonyl (C=O) groups is 5. The van der Waals surface area contributed by atoms with E-state index in [0.29, 0.717) is 43.2 Å². The Labute approximate surface area is 267 Å². The van der Waals surface area contributed by atoms with E-state index in [1.54, 1.807) is 13.8 Å². The van der Waals surface area contributed by atoms with Gasteiger partial charge >= 0.3 is 0 Å². The largest absolute Gasteiger partial charge is 0.479 e. The Bertz CT molecular complexity index is 1180. The van der Waals surface area contributed by atoms with Crippen LogP contribution in [0.15, 0.2) is 30.3 Å². The molecule has 1 aromatic carbocycles. The quantitative estimate of drug-likeness (QED) is 0.246. The predicted molar refractivity (Wildman–Crippen MR) is 171 cm³/mol. The number of alkyl halides is 1. The molecule has 3 N–H and O–H groups in total. The van der Waals surface area contributed by atoms with Crippen LogP contribution < -0.4 is 16.0 Å². The zero-order chi connectivity index (χ0) is 31.6. The maximum Gasteiger partial charge on any atom is 0.246 e. The van der Waals surface area contributed by atoms with E-state index in [0.717, 1.165) is 5.56 Å². The summed E-state index contributed by atoms with van der Waals surface area (Å²) in [5, 5.41) is 8.33. The molecule has 13 heteroatoms. The molecule has 2 heterocycles. The van der Waals surface area contributed by atoms with E-state index < -0.39 is 41.4 Å². The molecule has 2 fully saturated rings. The van der Waals surface area contributed by atoms with Crippen LogP contribution in [0, 0.1) is 0 Å². The molecule has 2 aliphatic rings. The molecule has 0 aromatic heterocycles. The highest BCUT2D eigenvalue weighted by Crippen LogP contribution is 2.26. The molecule has 0 radical (unpaired) electrons. The lowest BCUT2D eigenvalue weighted by Gasteiger charge is -2.35. The average Bonchev–Trinajstić information content (AvgIpc) is 3.47. The van der Waals surface area contributed by atoms with Crippen molar-refractivity contribution >= 4 is 69.4 Å². The zero-order valence-corrected chi connectivity index (χ0v) is 27.2. The Balaban J connectivity index is 1.84. The van der Waals surface area contributed by atoms with Gasteiger partial charge in [0.15, 0.2) is 0 Å². The van der Waals surface area contributed by atoms with Crippen LogP contribution in [0.25, 0.3) is 0 Å². The van der Waals surface area contributed by atoms with Crippen LogP contribution in [-0.4, -0.2) is 86.6 Å². The van der Waals surface area contributed by atoms with Gasteiger partial charge in [0, 0.05) is 24.6 Å². The number of benzene rings is 1. The second kappa shape index (κ2) is 16.4. The maximum absolute atomic E-state index is 13.8. The van der Waals surface area contributed by atoms with Crippen LogP contribution in [0.4, 0.5) is 0 Å². The number of nitrogens with zero attached hydrogens (tertiary/aromatic N) is 1. The molecule has 0 spiro atoms. The molecule has 4 amide bonds. The van der Waals surface area contributed by atoms with E-state index in [-0.39, 0.29) is 42.1 Å². The van der Waals surface area contributed by atoms with Crippen molar-refractivity contribution in [1.29, 1.82) is 0 Å². The van der Waals surface area contributed by atoms with E-state index in [1.165, 1.54) is 16.7 Å². The van der Waals surface area contributed by atoms with Crippen LogP contribution in [0.1, 0.15) is 64.9 Å². The molecule has 2 saturated heterocycles. The molecule has 4 atom stereocenters. The van der Waals surface area contributed by atoms with Crippen LogP contribution >= 0.6 is 35.6 Å². The van der Waals surface area contributed by atoms with Crippen molar-refractivity contribution in [2.45, 2.75) is 94.6 Å². The fourth-order valence-corrected chi connectivity index (χ4v) is 6.78. The number of Topliss-reactive ketones (excluding diaryl/α,β-unsaturated/α-hetero) is 1. The third-order valence-electron chi connectivity index (χ3n) is 7.56. The zero-order valence-electron chi connectivity index (χ0n) is 24.9. The van der Waals surface area contributed by atoms with E-state index in [1.807, 2.05) is 37.3 Å². The fraction of sp³-hybridized carbons (Fsp3) is 0.600. The van der Waals surface area contributed by atoms with Gasteiger partial charge < -0.3 is 25.6 Å². The number of carbonyl (C=O) groups excluding carboxylic acids is 5. The fourth-order valence-electron chi connectivity index (χ4n) is 5.17. The predicted octanol–water partition coefficient (Wildman–Crippen LogP) is 2.89. The highest BCUT2D eigenvalue weighted by molar-refractivity contribution is 8.23. The Morgan fingerprint density at radius 3 is 2.51 bits per heavy atom. The number of fused-ring (bicyclic) bond motifs is 1. The smallest absolute Gasteiger partial charge is 0.246 e. The van der Waals surface area contributed by atoms with Gasteiger partial charge in [-0.2, -0.15) is 0 Å². The van der Waals surface area contributed by atoms with Crippen LogP contribution in [-0.2, 0) is 35.1 Å². The summed E-state index contributed by atoms with van der Waals surface area (Å²) >= 11 is 12.3. The van der Waals surface area contributed by atoms with Gasteiger partial charge in [0.05, 0.1) is 12.5 Å². The van der Waals surface area contributed by atoms with Crippen molar-refractivity contribution in [3.05, 3.63) is 35.9 Å². The monoisotopic (exact) mass is 652 g/mol. The number of rotatable bonds is 11. The van der Waals surface area contributed by atoms with Crippen LogP contribution in [0.5, 0.6) is 0 Å². The highest BCUT2D eigenvalue weighted by atomic mass is 35.5. The molecule has 2 aliphatic heterocycles. The summed E-state index contributed by atoms with van der Waals surface area (Å²) in [4.78, 5) is 67.9. The van der Waals surface area contributed by atoms with Crippen molar-refractivity contribution in [1.82, 2.24) is 20.9 Å². The Kier molecular flexibility index (Phi) is 13.3. The summed E-state index contributed by atoms with van der Waals surface area (Å²) in [6.07, 6.45) is 2.67. The molecule has 0 saturated carbocycles. The lowest BCUT2D eigenvalue weighted by molar-refractivity contribution is -0.144. The van der Waals surface area contributed by atoms with Gasteiger partial charge in [-0.25, -0.2) is 0 Å². The topological polar surface area (TPSA) is 134 Å². The van der Waals surface area contributed by atoms with Gasteiger partial charge in [-0.05, 0) is 70.7 Å². The molecule has 0 aliphatic carbocycles. The minimum Gasteiger partial charge on any atom is -0.479 e. The maximum atomic E-state index is 13.8. The number of thiocarbonyl (C=S) groups is 1. The van der Waals surface area contributed by atoms with Crippen molar-refractivity contribution < 1.29 is 28.7 Å². The van der Waals surface area contributed by atoms with Gasteiger partial charge in [-0.1, -0.05) is 42.1 Å². The first kappa shape index (κ1) is 34.8. The van der Waals surface area contributed by atoms with Gasteiger partial charge in [-0.3, -0.25) is 24.0 Å². The summed E-state index contributed by atoms with van der Waals surface area (Å²) < 4.78 is 5.76.